The lowest BCUT2D eigenvalue weighted by atomic mass is 10.1. The lowest BCUT2D eigenvalue weighted by Gasteiger charge is -2.07. The van der Waals surface area contributed by atoms with E-state index < -0.39 is 0 Å². The maximum absolute atomic E-state index is 8.69. The van der Waals surface area contributed by atoms with Crippen LogP contribution < -0.4 is 10.5 Å². The quantitative estimate of drug-likeness (QED) is 0.334. The van der Waals surface area contributed by atoms with E-state index in [1.54, 1.807) is 18.3 Å². The summed E-state index contributed by atoms with van der Waals surface area (Å²) in [6, 6.07) is 17.1. The van der Waals surface area contributed by atoms with Crippen molar-refractivity contribution >= 4 is 16.6 Å². The zero-order valence-corrected chi connectivity index (χ0v) is 11.1. The molecule has 0 amide bonds. The van der Waals surface area contributed by atoms with Gasteiger partial charge in [-0.05, 0) is 29.0 Å². The Labute approximate surface area is 121 Å². The molecule has 0 aliphatic heterocycles. The number of pyridine rings is 1. The highest BCUT2D eigenvalue weighted by Crippen LogP contribution is 2.24. The van der Waals surface area contributed by atoms with E-state index >= 15 is 0 Å². The Bertz CT molecular complexity index is 815. The van der Waals surface area contributed by atoms with Gasteiger partial charge in [0.05, 0.1) is 0 Å². The van der Waals surface area contributed by atoms with E-state index in [2.05, 4.69) is 10.1 Å². The smallest absolute Gasteiger partial charge is 0.219 e. The van der Waals surface area contributed by atoms with Gasteiger partial charge in [-0.15, -0.1) is 0 Å². The molecule has 0 saturated heterocycles. The number of benzene rings is 2. The standard InChI is InChI=1S/C16H13N3O2/c17-16(19-20)13-7-8-18-15(10-13)21-14-6-5-11-3-1-2-4-12(11)9-14/h1-10,20H,(H2,17,19). The largest absolute Gasteiger partial charge is 0.439 e. The molecule has 5 heteroatoms. The van der Waals surface area contributed by atoms with Gasteiger partial charge in [-0.3, -0.25) is 0 Å². The molecule has 0 aliphatic rings. The van der Waals surface area contributed by atoms with E-state index in [-0.39, 0.29) is 5.84 Å². The average Bonchev–Trinajstić information content (AvgIpc) is 2.54. The normalized spacial score (nSPS) is 11.5. The van der Waals surface area contributed by atoms with Gasteiger partial charge < -0.3 is 15.7 Å². The van der Waals surface area contributed by atoms with Crippen molar-refractivity contribution in [2.45, 2.75) is 0 Å². The van der Waals surface area contributed by atoms with E-state index in [1.165, 1.54) is 0 Å². The second-order valence-corrected chi connectivity index (χ2v) is 4.48. The third kappa shape index (κ3) is 2.76. The second kappa shape index (κ2) is 5.50. The summed E-state index contributed by atoms with van der Waals surface area (Å²) in [5, 5.41) is 13.9. The first-order chi connectivity index (χ1) is 10.3. The number of hydrogen-bond acceptors (Lipinski definition) is 4. The molecule has 3 aromatic rings. The van der Waals surface area contributed by atoms with Crippen LogP contribution in [0.2, 0.25) is 0 Å². The van der Waals surface area contributed by atoms with E-state index in [9.17, 15) is 0 Å². The first-order valence-corrected chi connectivity index (χ1v) is 6.37. The van der Waals surface area contributed by atoms with Crippen molar-refractivity contribution in [2.24, 2.45) is 10.9 Å². The second-order valence-electron chi connectivity index (χ2n) is 4.48. The summed E-state index contributed by atoms with van der Waals surface area (Å²) in [7, 11) is 0. The summed E-state index contributed by atoms with van der Waals surface area (Å²) in [4.78, 5) is 4.12. The molecule has 0 aliphatic carbocycles. The molecule has 1 aromatic heterocycles. The van der Waals surface area contributed by atoms with Gasteiger partial charge in [0.25, 0.3) is 0 Å². The number of nitrogens with two attached hydrogens (primary N) is 1. The van der Waals surface area contributed by atoms with Crippen LogP contribution in [0.5, 0.6) is 11.6 Å². The number of ether oxygens (including phenoxy) is 1. The molecule has 1 heterocycles. The fourth-order valence-corrected chi connectivity index (χ4v) is 2.03. The van der Waals surface area contributed by atoms with E-state index in [4.69, 9.17) is 15.7 Å². The van der Waals surface area contributed by atoms with E-state index in [0.29, 0.717) is 17.2 Å². The Hall–Kier alpha value is -3.08. The molecular weight excluding hydrogens is 266 g/mol. The minimum Gasteiger partial charge on any atom is -0.439 e. The molecule has 0 radical (unpaired) electrons. The number of fused-ring (bicyclic) bond motifs is 1. The van der Waals surface area contributed by atoms with Gasteiger partial charge in [-0.1, -0.05) is 35.5 Å². The summed E-state index contributed by atoms with van der Waals surface area (Å²) in [5.41, 5.74) is 6.09. The SMILES string of the molecule is N/C(=N\O)c1ccnc(Oc2ccc3ccccc3c2)c1. The summed E-state index contributed by atoms with van der Waals surface area (Å²) in [6.07, 6.45) is 1.55. The maximum atomic E-state index is 8.69. The molecule has 0 fully saturated rings. The minimum atomic E-state index is 0.0146. The summed E-state index contributed by atoms with van der Waals surface area (Å²) in [5.74, 6) is 1.08. The molecule has 5 nitrogen and oxygen atoms in total. The van der Waals surface area contributed by atoms with Gasteiger partial charge in [0.1, 0.15) is 5.75 Å². The lowest BCUT2D eigenvalue weighted by Crippen LogP contribution is -2.13. The van der Waals surface area contributed by atoms with Crippen molar-refractivity contribution in [2.75, 3.05) is 0 Å². The first kappa shape index (κ1) is 12.9. The van der Waals surface area contributed by atoms with Gasteiger partial charge in [-0.2, -0.15) is 0 Å². The van der Waals surface area contributed by atoms with Crippen LogP contribution in [-0.4, -0.2) is 16.0 Å². The number of rotatable bonds is 3. The highest BCUT2D eigenvalue weighted by Gasteiger charge is 2.04. The van der Waals surface area contributed by atoms with Crippen LogP contribution in [0.25, 0.3) is 10.8 Å². The summed E-state index contributed by atoms with van der Waals surface area (Å²) < 4.78 is 5.72. The third-order valence-electron chi connectivity index (χ3n) is 3.08. The molecule has 3 N–H and O–H groups in total. The fourth-order valence-electron chi connectivity index (χ4n) is 2.03. The molecule has 0 saturated carbocycles. The Morgan fingerprint density at radius 1 is 1.05 bits per heavy atom. The molecule has 0 atom stereocenters. The molecule has 0 spiro atoms. The van der Waals surface area contributed by atoms with Crippen LogP contribution in [-0.2, 0) is 0 Å². The van der Waals surface area contributed by atoms with Crippen molar-refractivity contribution in [1.82, 2.24) is 4.98 Å². The summed E-state index contributed by atoms with van der Waals surface area (Å²) >= 11 is 0. The zero-order chi connectivity index (χ0) is 14.7. The Morgan fingerprint density at radius 2 is 1.86 bits per heavy atom. The number of amidine groups is 1. The molecule has 2 aromatic carbocycles. The zero-order valence-electron chi connectivity index (χ0n) is 11.1. The summed E-state index contributed by atoms with van der Waals surface area (Å²) in [6.45, 7) is 0. The van der Waals surface area contributed by atoms with Crippen molar-refractivity contribution in [3.63, 3.8) is 0 Å². The van der Waals surface area contributed by atoms with Crippen LogP contribution in [0.3, 0.4) is 0 Å². The predicted octanol–water partition coefficient (Wildman–Crippen LogP) is 3.12. The van der Waals surface area contributed by atoms with Crippen molar-refractivity contribution < 1.29 is 9.94 Å². The van der Waals surface area contributed by atoms with Crippen molar-refractivity contribution in [3.05, 3.63) is 66.4 Å². The molecule has 0 unspecified atom stereocenters. The van der Waals surface area contributed by atoms with Crippen LogP contribution in [0.4, 0.5) is 0 Å². The lowest BCUT2D eigenvalue weighted by molar-refractivity contribution is 0.318. The third-order valence-corrected chi connectivity index (χ3v) is 3.08. The van der Waals surface area contributed by atoms with E-state index in [0.717, 1.165) is 10.8 Å². The van der Waals surface area contributed by atoms with Crippen molar-refractivity contribution in [3.8, 4) is 11.6 Å². The van der Waals surface area contributed by atoms with E-state index in [1.807, 2.05) is 42.5 Å². The van der Waals surface area contributed by atoms with Gasteiger partial charge >= 0.3 is 0 Å². The number of hydrogen-bond donors (Lipinski definition) is 2. The van der Waals surface area contributed by atoms with Crippen LogP contribution in [0.15, 0.2) is 65.9 Å². The van der Waals surface area contributed by atoms with Crippen LogP contribution >= 0.6 is 0 Å². The maximum Gasteiger partial charge on any atom is 0.219 e. The molecular formula is C16H13N3O2. The number of nitrogens with zero attached hydrogens (tertiary/aromatic N) is 2. The molecule has 3 rings (SSSR count). The Balaban J connectivity index is 1.91. The minimum absolute atomic E-state index is 0.0146. The van der Waals surface area contributed by atoms with Gasteiger partial charge in [0, 0.05) is 17.8 Å². The molecule has 21 heavy (non-hydrogen) atoms. The Morgan fingerprint density at radius 3 is 2.67 bits per heavy atom. The number of aromatic nitrogens is 1. The molecule has 0 bridgehead atoms. The number of oxime groups is 1. The molecule has 104 valence electrons. The topological polar surface area (TPSA) is 80.7 Å². The predicted molar refractivity (Wildman–Crippen MR) is 80.8 cm³/mol. The van der Waals surface area contributed by atoms with Crippen LogP contribution in [0.1, 0.15) is 5.56 Å². The monoisotopic (exact) mass is 279 g/mol. The fraction of sp³-hybridized carbons (Fsp3) is 0. The Kier molecular flexibility index (Phi) is 3.39. The highest BCUT2D eigenvalue weighted by molar-refractivity contribution is 5.97. The van der Waals surface area contributed by atoms with Gasteiger partial charge in [0.15, 0.2) is 5.84 Å². The van der Waals surface area contributed by atoms with Crippen molar-refractivity contribution in [1.29, 1.82) is 0 Å². The van der Waals surface area contributed by atoms with Gasteiger partial charge in [0.2, 0.25) is 5.88 Å². The first-order valence-electron chi connectivity index (χ1n) is 6.37. The highest BCUT2D eigenvalue weighted by atomic mass is 16.5. The van der Waals surface area contributed by atoms with Gasteiger partial charge in [-0.25, -0.2) is 4.98 Å². The van der Waals surface area contributed by atoms with Crippen LogP contribution in [0, 0.1) is 0 Å². The average molecular weight is 279 g/mol.